The molecule has 7 nitrogen and oxygen atoms in total. The van der Waals surface area contributed by atoms with Crippen molar-refractivity contribution < 1.29 is 4.79 Å². The molecular formula is C21H26N6OS. The second kappa shape index (κ2) is 7.59. The Hall–Kier alpha value is -2.74. The fourth-order valence-corrected chi connectivity index (χ4v) is 4.89. The molecule has 0 bridgehead atoms. The first-order chi connectivity index (χ1) is 13.9. The van der Waals surface area contributed by atoms with Crippen molar-refractivity contribution >= 4 is 28.2 Å². The number of aryl methyl sites for hydroxylation is 2. The second-order valence-electron chi connectivity index (χ2n) is 7.61. The van der Waals surface area contributed by atoms with E-state index in [1.165, 1.54) is 23.8 Å². The van der Waals surface area contributed by atoms with Crippen molar-refractivity contribution in [1.29, 1.82) is 0 Å². The van der Waals surface area contributed by atoms with Gasteiger partial charge in [0.2, 0.25) is 5.91 Å². The molecule has 3 heterocycles. The molecule has 3 aromatic rings. The number of amides is 1. The molecule has 0 fully saturated rings. The van der Waals surface area contributed by atoms with Gasteiger partial charge in [-0.2, -0.15) is 5.10 Å². The molecule has 0 spiro atoms. The van der Waals surface area contributed by atoms with Crippen LogP contribution < -0.4 is 10.6 Å². The summed E-state index contributed by atoms with van der Waals surface area (Å²) in [5.74, 6) is 0.815. The van der Waals surface area contributed by atoms with Crippen LogP contribution in [-0.4, -0.2) is 32.2 Å². The predicted molar refractivity (Wildman–Crippen MR) is 118 cm³/mol. The Morgan fingerprint density at radius 1 is 1.34 bits per heavy atom. The predicted octanol–water partition coefficient (Wildman–Crippen LogP) is 4.45. The lowest BCUT2D eigenvalue weighted by atomic mass is 9.95. The van der Waals surface area contributed by atoms with Crippen molar-refractivity contribution in [1.82, 2.24) is 19.7 Å². The summed E-state index contributed by atoms with van der Waals surface area (Å²) in [6.45, 7) is 10.8. The van der Waals surface area contributed by atoms with Crippen molar-refractivity contribution in [3.63, 3.8) is 0 Å². The minimum Gasteiger partial charge on any atom is -0.370 e. The van der Waals surface area contributed by atoms with Crippen LogP contribution in [0.1, 0.15) is 50.6 Å². The van der Waals surface area contributed by atoms with Crippen molar-refractivity contribution in [2.75, 3.05) is 17.2 Å². The van der Waals surface area contributed by atoms with E-state index >= 15 is 0 Å². The van der Waals surface area contributed by atoms with E-state index < -0.39 is 0 Å². The van der Waals surface area contributed by atoms with Gasteiger partial charge >= 0.3 is 0 Å². The summed E-state index contributed by atoms with van der Waals surface area (Å²) < 4.78 is 2.09. The first-order valence-corrected chi connectivity index (χ1v) is 10.8. The minimum absolute atomic E-state index is 0.100. The van der Waals surface area contributed by atoms with E-state index in [2.05, 4.69) is 59.0 Å². The smallest absolute Gasteiger partial charge is 0.223 e. The maximum absolute atomic E-state index is 11.5. The van der Waals surface area contributed by atoms with Gasteiger partial charge in [0.15, 0.2) is 5.13 Å². The first kappa shape index (κ1) is 19.6. The third kappa shape index (κ3) is 3.53. The van der Waals surface area contributed by atoms with Crippen molar-refractivity contribution in [3.05, 3.63) is 29.1 Å². The van der Waals surface area contributed by atoms with Gasteiger partial charge in [0.25, 0.3) is 0 Å². The molecule has 1 amide bonds. The summed E-state index contributed by atoms with van der Waals surface area (Å²) in [5.41, 5.74) is 6.54. The normalized spacial score (nSPS) is 12.6. The van der Waals surface area contributed by atoms with E-state index in [0.29, 0.717) is 5.13 Å². The summed E-state index contributed by atoms with van der Waals surface area (Å²) in [6.07, 6.45) is 3.63. The van der Waals surface area contributed by atoms with Gasteiger partial charge in [-0.25, -0.2) is 9.97 Å². The zero-order valence-electron chi connectivity index (χ0n) is 17.5. The molecule has 0 saturated heterocycles. The summed E-state index contributed by atoms with van der Waals surface area (Å²) in [6, 6.07) is 2.37. The van der Waals surface area contributed by atoms with Crippen molar-refractivity contribution in [3.8, 4) is 21.8 Å². The number of aromatic nitrogens is 4. The molecule has 152 valence electrons. The van der Waals surface area contributed by atoms with Gasteiger partial charge in [-0.1, -0.05) is 11.3 Å². The molecule has 4 rings (SSSR count). The molecule has 3 aromatic heterocycles. The largest absolute Gasteiger partial charge is 0.370 e. The fourth-order valence-electron chi connectivity index (χ4n) is 3.76. The second-order valence-corrected chi connectivity index (χ2v) is 8.61. The van der Waals surface area contributed by atoms with Gasteiger partial charge in [0.1, 0.15) is 5.82 Å². The number of carbonyl (C=O) groups excluding carboxylic acids is 1. The Kier molecular flexibility index (Phi) is 5.12. The van der Waals surface area contributed by atoms with E-state index in [1.807, 2.05) is 6.20 Å². The van der Waals surface area contributed by atoms with Gasteiger partial charge in [-0.05, 0) is 52.2 Å². The SMILES string of the molecule is CCNc1ncc(-c2nn(C(C)C)c3c2CCc2nc(NC(C)=O)sc2-3)cc1C. The third-order valence-electron chi connectivity index (χ3n) is 5.00. The molecular weight excluding hydrogens is 384 g/mol. The average molecular weight is 411 g/mol. The summed E-state index contributed by atoms with van der Waals surface area (Å²) >= 11 is 1.53. The van der Waals surface area contributed by atoms with Gasteiger partial charge in [0, 0.05) is 36.8 Å². The number of nitrogens with one attached hydrogen (secondary N) is 2. The number of anilines is 2. The van der Waals surface area contributed by atoms with Crippen LogP contribution in [0.4, 0.5) is 10.9 Å². The molecule has 0 atom stereocenters. The highest BCUT2D eigenvalue weighted by Crippen LogP contribution is 2.44. The van der Waals surface area contributed by atoms with Crippen molar-refractivity contribution in [2.24, 2.45) is 0 Å². The molecule has 2 N–H and O–H groups in total. The topological polar surface area (TPSA) is 84.7 Å². The molecule has 0 radical (unpaired) electrons. The van der Waals surface area contributed by atoms with Crippen LogP contribution in [0.5, 0.6) is 0 Å². The quantitative estimate of drug-likeness (QED) is 0.649. The number of hydrogen-bond acceptors (Lipinski definition) is 6. The number of thiazole rings is 1. The lowest BCUT2D eigenvalue weighted by molar-refractivity contribution is -0.114. The number of rotatable bonds is 5. The van der Waals surface area contributed by atoms with Gasteiger partial charge in [-0.3, -0.25) is 9.48 Å². The van der Waals surface area contributed by atoms with Crippen LogP contribution in [-0.2, 0) is 17.6 Å². The maximum Gasteiger partial charge on any atom is 0.223 e. The number of hydrogen-bond donors (Lipinski definition) is 2. The minimum atomic E-state index is -0.100. The zero-order valence-corrected chi connectivity index (χ0v) is 18.3. The van der Waals surface area contributed by atoms with Crippen LogP contribution in [0.3, 0.4) is 0 Å². The van der Waals surface area contributed by atoms with E-state index in [0.717, 1.165) is 58.3 Å². The monoisotopic (exact) mass is 410 g/mol. The van der Waals surface area contributed by atoms with Crippen LogP contribution in [0.25, 0.3) is 21.8 Å². The Morgan fingerprint density at radius 2 is 2.14 bits per heavy atom. The molecule has 1 aliphatic carbocycles. The molecule has 0 aromatic carbocycles. The highest BCUT2D eigenvalue weighted by Gasteiger charge is 2.30. The highest BCUT2D eigenvalue weighted by molar-refractivity contribution is 7.19. The Labute approximate surface area is 174 Å². The fraction of sp³-hybridized carbons (Fsp3) is 0.429. The van der Waals surface area contributed by atoms with Crippen LogP contribution in [0.2, 0.25) is 0 Å². The Bertz CT molecular complexity index is 1080. The first-order valence-electron chi connectivity index (χ1n) is 9.99. The molecule has 0 saturated carbocycles. The molecule has 8 heteroatoms. The van der Waals surface area contributed by atoms with E-state index in [9.17, 15) is 4.79 Å². The summed E-state index contributed by atoms with van der Waals surface area (Å²) in [4.78, 5) is 21.8. The standard InChI is InChI=1S/C21H26N6OS/c1-6-22-20-12(4)9-14(10-23-20)17-15-7-8-16-19(18(15)27(26-17)11(2)3)29-21(25-16)24-13(5)28/h9-11H,6-8H2,1-5H3,(H,22,23)(H,24,25,28). The van der Waals surface area contributed by atoms with Crippen LogP contribution >= 0.6 is 11.3 Å². The lowest BCUT2D eigenvalue weighted by Gasteiger charge is -2.16. The number of pyridine rings is 1. The van der Waals surface area contributed by atoms with Gasteiger partial charge < -0.3 is 10.6 Å². The molecule has 1 aliphatic rings. The Balaban J connectivity index is 1.84. The van der Waals surface area contributed by atoms with Crippen LogP contribution in [0, 0.1) is 6.92 Å². The van der Waals surface area contributed by atoms with E-state index in [4.69, 9.17) is 5.10 Å². The number of carbonyl (C=O) groups is 1. The molecule has 0 aliphatic heterocycles. The maximum atomic E-state index is 11.5. The highest BCUT2D eigenvalue weighted by atomic mass is 32.1. The third-order valence-corrected chi connectivity index (χ3v) is 6.02. The Morgan fingerprint density at radius 3 is 2.79 bits per heavy atom. The van der Waals surface area contributed by atoms with Crippen molar-refractivity contribution in [2.45, 2.75) is 53.5 Å². The average Bonchev–Trinajstić information content (AvgIpc) is 3.23. The number of nitrogens with zero attached hydrogens (tertiary/aromatic N) is 4. The van der Waals surface area contributed by atoms with Gasteiger partial charge in [0.05, 0.1) is 22.0 Å². The van der Waals surface area contributed by atoms with E-state index in [-0.39, 0.29) is 11.9 Å². The lowest BCUT2D eigenvalue weighted by Crippen LogP contribution is -2.09. The molecule has 0 unspecified atom stereocenters. The number of fused-ring (bicyclic) bond motifs is 3. The van der Waals surface area contributed by atoms with Crippen LogP contribution in [0.15, 0.2) is 12.3 Å². The van der Waals surface area contributed by atoms with Gasteiger partial charge in [-0.15, -0.1) is 0 Å². The summed E-state index contributed by atoms with van der Waals surface area (Å²) in [7, 11) is 0. The zero-order chi connectivity index (χ0) is 20.7. The molecule has 29 heavy (non-hydrogen) atoms. The van der Waals surface area contributed by atoms with E-state index in [1.54, 1.807) is 0 Å². The summed E-state index contributed by atoms with van der Waals surface area (Å²) in [5, 5.41) is 11.8.